The molecule has 0 fully saturated rings. The number of benzene rings is 2. The molecule has 2 aromatic heterocycles. The molecule has 9 nitrogen and oxygen atoms in total. The molecule has 0 amide bonds. The molecule has 0 spiro atoms. The van der Waals surface area contributed by atoms with Gasteiger partial charge in [0.2, 0.25) is 5.95 Å². The summed E-state index contributed by atoms with van der Waals surface area (Å²) >= 11 is 0. The molecule has 164 valence electrons. The Kier molecular flexibility index (Phi) is 5.42. The largest absolute Gasteiger partial charge is 0.486 e. The molecule has 2 aromatic carbocycles. The van der Waals surface area contributed by atoms with Gasteiger partial charge in [0.1, 0.15) is 13.2 Å². The highest BCUT2D eigenvalue weighted by molar-refractivity contribution is 5.83. The monoisotopic (exact) mass is 436 g/mol. The molecule has 3 heterocycles. The van der Waals surface area contributed by atoms with Crippen LogP contribution in [0.3, 0.4) is 0 Å². The maximum absolute atomic E-state index is 14.4. The molecule has 10 heteroatoms. The van der Waals surface area contributed by atoms with Gasteiger partial charge in [0.05, 0.1) is 17.9 Å². The molecule has 4 aromatic rings. The van der Waals surface area contributed by atoms with Crippen molar-refractivity contribution in [2.45, 2.75) is 13.0 Å². The van der Waals surface area contributed by atoms with Crippen LogP contribution in [0.5, 0.6) is 11.5 Å². The lowest BCUT2D eigenvalue weighted by atomic mass is 10.2. The Morgan fingerprint density at radius 1 is 1.00 bits per heavy atom. The van der Waals surface area contributed by atoms with E-state index < -0.39 is 5.82 Å². The van der Waals surface area contributed by atoms with E-state index in [0.29, 0.717) is 43.4 Å². The molecule has 5 rings (SSSR count). The number of anilines is 4. The van der Waals surface area contributed by atoms with Gasteiger partial charge < -0.3 is 25.2 Å². The molecule has 3 N–H and O–H groups in total. The van der Waals surface area contributed by atoms with E-state index in [2.05, 4.69) is 25.7 Å². The highest BCUT2D eigenvalue weighted by atomic mass is 19.1. The van der Waals surface area contributed by atoms with E-state index in [1.165, 1.54) is 0 Å². The zero-order valence-corrected chi connectivity index (χ0v) is 17.1. The molecule has 0 radical (unpaired) electrons. The molecule has 0 bridgehead atoms. The second-order valence-corrected chi connectivity index (χ2v) is 7.22. The van der Waals surface area contributed by atoms with Crippen LogP contribution in [0.1, 0.15) is 6.42 Å². The van der Waals surface area contributed by atoms with Gasteiger partial charge in [0.25, 0.3) is 0 Å². The van der Waals surface area contributed by atoms with Gasteiger partial charge >= 0.3 is 0 Å². The maximum atomic E-state index is 14.4. The minimum Gasteiger partial charge on any atom is -0.486 e. The third-order valence-corrected chi connectivity index (χ3v) is 4.98. The summed E-state index contributed by atoms with van der Waals surface area (Å²) in [5.41, 5.74) is 2.27. The summed E-state index contributed by atoms with van der Waals surface area (Å²) in [7, 11) is 0. The number of hydrogen-bond donors (Lipinski definition) is 3. The lowest BCUT2D eigenvalue weighted by molar-refractivity contribution is 0.171. The van der Waals surface area contributed by atoms with E-state index >= 15 is 0 Å². The molecule has 1 aliphatic rings. The van der Waals surface area contributed by atoms with Gasteiger partial charge in [-0.2, -0.15) is 10.1 Å². The van der Waals surface area contributed by atoms with Crippen LogP contribution in [0.15, 0.2) is 48.8 Å². The topological polar surface area (TPSA) is 106 Å². The third kappa shape index (κ3) is 4.12. The molecule has 32 heavy (non-hydrogen) atoms. The SMILES string of the molecule is OCCCn1ncc2ccc(Nc3ncc(F)c(Nc4ccc5c(c4)OCCO5)n3)cc21. The molecule has 0 saturated heterocycles. The van der Waals surface area contributed by atoms with E-state index in [-0.39, 0.29) is 18.4 Å². The van der Waals surface area contributed by atoms with Crippen molar-refractivity contribution in [1.29, 1.82) is 0 Å². The minimum absolute atomic E-state index is 0.0354. The highest BCUT2D eigenvalue weighted by Gasteiger charge is 2.14. The zero-order chi connectivity index (χ0) is 21.9. The minimum atomic E-state index is -0.581. The van der Waals surface area contributed by atoms with Crippen LogP contribution < -0.4 is 20.1 Å². The number of aromatic nitrogens is 4. The Labute approximate surface area is 182 Å². The summed E-state index contributed by atoms with van der Waals surface area (Å²) in [5, 5.41) is 20.5. The molecule has 0 aliphatic carbocycles. The van der Waals surface area contributed by atoms with Crippen LogP contribution in [-0.2, 0) is 6.54 Å². The molecular weight excluding hydrogens is 415 g/mol. The van der Waals surface area contributed by atoms with Gasteiger partial charge in [0.15, 0.2) is 23.1 Å². The summed E-state index contributed by atoms with van der Waals surface area (Å²) in [6.45, 7) is 1.68. The van der Waals surface area contributed by atoms with Crippen molar-refractivity contribution in [3.8, 4) is 11.5 Å². The number of aliphatic hydroxyl groups excluding tert-OH is 1. The van der Waals surface area contributed by atoms with E-state index in [4.69, 9.17) is 14.6 Å². The first kappa shape index (κ1) is 20.0. The third-order valence-electron chi connectivity index (χ3n) is 4.98. The Morgan fingerprint density at radius 3 is 2.69 bits per heavy atom. The van der Waals surface area contributed by atoms with E-state index in [1.807, 2.05) is 22.9 Å². The standard InChI is InChI=1S/C22H21FN6O3/c23-17-13-24-22(27-15-3-2-14-12-25-29(6-1-7-30)18(14)10-15)28-21(17)26-16-4-5-19-20(11-16)32-9-8-31-19/h2-5,10-13,30H,1,6-9H2,(H2,24,26,27,28). The summed E-state index contributed by atoms with van der Waals surface area (Å²) in [5.74, 6) is 0.949. The van der Waals surface area contributed by atoms with Crippen molar-refractivity contribution in [3.05, 3.63) is 54.6 Å². The molecule has 0 atom stereocenters. The predicted octanol–water partition coefficient (Wildman–Crippen LogP) is 3.61. The number of fused-ring (bicyclic) bond motifs is 2. The second-order valence-electron chi connectivity index (χ2n) is 7.22. The summed E-state index contributed by atoms with van der Waals surface area (Å²) in [4.78, 5) is 8.33. The summed E-state index contributed by atoms with van der Waals surface area (Å²) in [6, 6.07) is 11.0. The van der Waals surface area contributed by atoms with Gasteiger partial charge in [-0.15, -0.1) is 0 Å². The van der Waals surface area contributed by atoms with Gasteiger partial charge in [-0.1, -0.05) is 0 Å². The Hall–Kier alpha value is -3.92. The smallest absolute Gasteiger partial charge is 0.229 e. The molecular formula is C22H21FN6O3. The lowest BCUT2D eigenvalue weighted by Crippen LogP contribution is -2.15. The number of halogens is 1. The van der Waals surface area contributed by atoms with Crippen LogP contribution in [-0.4, -0.2) is 44.7 Å². The Morgan fingerprint density at radius 2 is 1.81 bits per heavy atom. The first-order chi connectivity index (χ1) is 15.7. The van der Waals surface area contributed by atoms with Crippen molar-refractivity contribution in [3.63, 3.8) is 0 Å². The van der Waals surface area contributed by atoms with Crippen molar-refractivity contribution in [2.75, 3.05) is 30.5 Å². The van der Waals surface area contributed by atoms with Crippen LogP contribution >= 0.6 is 0 Å². The average molecular weight is 436 g/mol. The van der Waals surface area contributed by atoms with Crippen LogP contribution in [0.4, 0.5) is 27.5 Å². The van der Waals surface area contributed by atoms with Crippen molar-refractivity contribution in [1.82, 2.24) is 19.7 Å². The Bertz CT molecular complexity index is 1260. The Balaban J connectivity index is 1.37. The summed E-state index contributed by atoms with van der Waals surface area (Å²) in [6.07, 6.45) is 3.50. The van der Waals surface area contributed by atoms with Crippen molar-refractivity contribution >= 4 is 34.0 Å². The first-order valence-corrected chi connectivity index (χ1v) is 10.2. The van der Waals surface area contributed by atoms with Crippen molar-refractivity contribution < 1.29 is 19.0 Å². The van der Waals surface area contributed by atoms with Gasteiger partial charge in [-0.05, 0) is 36.8 Å². The summed E-state index contributed by atoms with van der Waals surface area (Å²) < 4.78 is 27.3. The van der Waals surface area contributed by atoms with Gasteiger partial charge in [-0.3, -0.25) is 4.68 Å². The van der Waals surface area contributed by atoms with Crippen molar-refractivity contribution in [2.24, 2.45) is 0 Å². The number of ether oxygens (including phenoxy) is 2. The average Bonchev–Trinajstić information content (AvgIpc) is 3.22. The fourth-order valence-electron chi connectivity index (χ4n) is 3.45. The first-order valence-electron chi connectivity index (χ1n) is 10.2. The quantitative estimate of drug-likeness (QED) is 0.404. The second kappa shape index (κ2) is 8.67. The normalized spacial score (nSPS) is 12.7. The predicted molar refractivity (Wildman–Crippen MR) is 117 cm³/mol. The van der Waals surface area contributed by atoms with E-state index in [0.717, 1.165) is 22.8 Å². The number of nitrogens with zero attached hydrogens (tertiary/aromatic N) is 4. The van der Waals surface area contributed by atoms with Gasteiger partial charge in [0, 0.05) is 36.0 Å². The van der Waals surface area contributed by atoms with Crippen LogP contribution in [0, 0.1) is 5.82 Å². The fraction of sp³-hybridized carbons (Fsp3) is 0.227. The van der Waals surface area contributed by atoms with Gasteiger partial charge in [-0.25, -0.2) is 9.37 Å². The number of aliphatic hydroxyl groups is 1. The molecule has 0 unspecified atom stereocenters. The maximum Gasteiger partial charge on any atom is 0.229 e. The van der Waals surface area contributed by atoms with E-state index in [1.54, 1.807) is 24.4 Å². The lowest BCUT2D eigenvalue weighted by Gasteiger charge is -2.19. The highest BCUT2D eigenvalue weighted by Crippen LogP contribution is 2.34. The zero-order valence-electron chi connectivity index (χ0n) is 17.1. The van der Waals surface area contributed by atoms with Crippen LogP contribution in [0.25, 0.3) is 10.9 Å². The molecule has 1 aliphatic heterocycles. The number of hydrogen-bond acceptors (Lipinski definition) is 8. The number of rotatable bonds is 7. The fourth-order valence-corrected chi connectivity index (χ4v) is 3.45. The number of nitrogens with one attached hydrogen (secondary N) is 2. The van der Waals surface area contributed by atoms with Crippen LogP contribution in [0.2, 0.25) is 0 Å². The van der Waals surface area contributed by atoms with E-state index in [9.17, 15) is 4.39 Å². The number of aryl methyl sites for hydroxylation is 1. The molecule has 0 saturated carbocycles.